The molecule has 0 aliphatic carbocycles. The summed E-state index contributed by atoms with van der Waals surface area (Å²) in [5, 5.41) is 3.57. The van der Waals surface area contributed by atoms with Crippen LogP contribution >= 0.6 is 0 Å². The largest absolute Gasteiger partial charge is 0.357 e. The molecule has 2 heterocycles. The normalized spacial score (nSPS) is 20.4. The standard InChI is InChI=1S/C15H18N2/c1-2-6-12(7-3-1)13-9-10-15(17-13)14-8-4-5-11-16-14/h1-3,6-7,9-10,14,16-17H,4-5,8,11H2. The first-order valence-corrected chi connectivity index (χ1v) is 6.41. The predicted molar refractivity (Wildman–Crippen MR) is 70.8 cm³/mol. The van der Waals surface area contributed by atoms with Gasteiger partial charge in [-0.1, -0.05) is 36.8 Å². The molecule has 3 rings (SSSR count). The minimum Gasteiger partial charge on any atom is -0.357 e. The minimum absolute atomic E-state index is 0.515. The molecule has 0 saturated carbocycles. The molecule has 1 aliphatic rings. The van der Waals surface area contributed by atoms with Crippen LogP contribution in [0.1, 0.15) is 31.0 Å². The highest BCUT2D eigenvalue weighted by Gasteiger charge is 2.16. The quantitative estimate of drug-likeness (QED) is 0.806. The molecule has 1 saturated heterocycles. The molecule has 1 aromatic carbocycles. The fourth-order valence-electron chi connectivity index (χ4n) is 2.52. The number of hydrogen-bond donors (Lipinski definition) is 2. The van der Waals surface area contributed by atoms with Crippen LogP contribution in [0, 0.1) is 0 Å². The smallest absolute Gasteiger partial charge is 0.0472 e. The van der Waals surface area contributed by atoms with E-state index in [1.807, 2.05) is 0 Å². The molecule has 1 unspecified atom stereocenters. The van der Waals surface area contributed by atoms with Gasteiger partial charge >= 0.3 is 0 Å². The third kappa shape index (κ3) is 2.27. The molecular weight excluding hydrogens is 208 g/mol. The maximum absolute atomic E-state index is 3.57. The summed E-state index contributed by atoms with van der Waals surface area (Å²) in [5.74, 6) is 0. The van der Waals surface area contributed by atoms with Crippen LogP contribution in [-0.2, 0) is 0 Å². The van der Waals surface area contributed by atoms with Crippen LogP contribution in [0.5, 0.6) is 0 Å². The predicted octanol–water partition coefficient (Wildman–Crippen LogP) is 3.50. The van der Waals surface area contributed by atoms with Gasteiger partial charge in [0.2, 0.25) is 0 Å². The monoisotopic (exact) mass is 226 g/mol. The van der Waals surface area contributed by atoms with Crippen LogP contribution in [0.4, 0.5) is 0 Å². The van der Waals surface area contributed by atoms with Gasteiger partial charge in [0.05, 0.1) is 0 Å². The summed E-state index contributed by atoms with van der Waals surface area (Å²) in [6, 6.07) is 15.4. The molecule has 0 bridgehead atoms. The Hall–Kier alpha value is -1.54. The second kappa shape index (κ2) is 4.76. The van der Waals surface area contributed by atoms with E-state index in [0.717, 1.165) is 6.54 Å². The van der Waals surface area contributed by atoms with Crippen molar-refractivity contribution in [1.82, 2.24) is 10.3 Å². The highest BCUT2D eigenvalue weighted by molar-refractivity contribution is 5.59. The van der Waals surface area contributed by atoms with Crippen molar-refractivity contribution in [3.05, 3.63) is 48.2 Å². The summed E-state index contributed by atoms with van der Waals surface area (Å²) in [5.41, 5.74) is 3.80. The maximum Gasteiger partial charge on any atom is 0.0472 e. The van der Waals surface area contributed by atoms with E-state index in [9.17, 15) is 0 Å². The summed E-state index contributed by atoms with van der Waals surface area (Å²) in [4.78, 5) is 3.54. The zero-order valence-corrected chi connectivity index (χ0v) is 9.95. The van der Waals surface area contributed by atoms with Gasteiger partial charge in [-0.15, -0.1) is 0 Å². The number of piperidine rings is 1. The Kier molecular flexibility index (Phi) is 2.97. The Morgan fingerprint density at radius 3 is 2.59 bits per heavy atom. The van der Waals surface area contributed by atoms with E-state index >= 15 is 0 Å². The van der Waals surface area contributed by atoms with Gasteiger partial charge in [-0.2, -0.15) is 0 Å². The Bertz CT molecular complexity index is 467. The van der Waals surface area contributed by atoms with Crippen LogP contribution < -0.4 is 5.32 Å². The van der Waals surface area contributed by atoms with E-state index in [1.54, 1.807) is 0 Å². The molecule has 1 fully saturated rings. The van der Waals surface area contributed by atoms with E-state index in [4.69, 9.17) is 0 Å². The molecule has 2 nitrogen and oxygen atoms in total. The van der Waals surface area contributed by atoms with E-state index in [1.165, 1.54) is 36.2 Å². The second-order valence-electron chi connectivity index (χ2n) is 4.70. The molecule has 17 heavy (non-hydrogen) atoms. The maximum atomic E-state index is 3.57. The molecule has 1 aliphatic heterocycles. The first-order valence-electron chi connectivity index (χ1n) is 6.41. The van der Waals surface area contributed by atoms with Gasteiger partial charge in [-0.05, 0) is 37.1 Å². The van der Waals surface area contributed by atoms with Gasteiger partial charge < -0.3 is 10.3 Å². The number of nitrogens with one attached hydrogen (secondary N) is 2. The molecule has 1 atom stereocenters. The zero-order chi connectivity index (χ0) is 11.5. The van der Waals surface area contributed by atoms with Gasteiger partial charge in [-0.25, -0.2) is 0 Å². The highest BCUT2D eigenvalue weighted by Crippen LogP contribution is 2.25. The van der Waals surface area contributed by atoms with Crippen molar-refractivity contribution in [3.63, 3.8) is 0 Å². The van der Waals surface area contributed by atoms with Gasteiger partial charge in [0.25, 0.3) is 0 Å². The fourth-order valence-corrected chi connectivity index (χ4v) is 2.52. The van der Waals surface area contributed by atoms with Crippen LogP contribution in [0.15, 0.2) is 42.5 Å². The SMILES string of the molecule is c1ccc(-c2ccc(C3CCCCN3)[nH]2)cc1. The second-order valence-corrected chi connectivity index (χ2v) is 4.70. The van der Waals surface area contributed by atoms with E-state index < -0.39 is 0 Å². The average Bonchev–Trinajstić information content (AvgIpc) is 2.90. The minimum atomic E-state index is 0.515. The summed E-state index contributed by atoms with van der Waals surface area (Å²) in [6.07, 6.45) is 3.88. The first kappa shape index (κ1) is 10.6. The van der Waals surface area contributed by atoms with Gasteiger partial charge in [0.1, 0.15) is 0 Å². The topological polar surface area (TPSA) is 27.8 Å². The van der Waals surface area contributed by atoms with E-state index in [-0.39, 0.29) is 0 Å². The van der Waals surface area contributed by atoms with Crippen molar-refractivity contribution in [1.29, 1.82) is 0 Å². The summed E-state index contributed by atoms with van der Waals surface area (Å²) < 4.78 is 0. The lowest BCUT2D eigenvalue weighted by Gasteiger charge is -2.22. The van der Waals surface area contributed by atoms with Crippen LogP contribution in [0.25, 0.3) is 11.3 Å². The number of hydrogen-bond acceptors (Lipinski definition) is 1. The molecule has 2 aromatic rings. The first-order chi connectivity index (χ1) is 8.43. The van der Waals surface area contributed by atoms with Gasteiger partial charge in [0, 0.05) is 17.4 Å². The Morgan fingerprint density at radius 2 is 1.82 bits per heavy atom. The number of rotatable bonds is 2. The molecule has 0 amide bonds. The van der Waals surface area contributed by atoms with E-state index in [2.05, 4.69) is 52.8 Å². The third-order valence-corrected chi connectivity index (χ3v) is 3.48. The number of H-pyrrole nitrogens is 1. The number of aromatic amines is 1. The Labute approximate surface area is 102 Å². The lowest BCUT2D eigenvalue weighted by molar-refractivity contribution is 0.406. The summed E-state index contributed by atoms with van der Waals surface area (Å²) in [7, 11) is 0. The van der Waals surface area contributed by atoms with Crippen molar-refractivity contribution in [2.24, 2.45) is 0 Å². The lowest BCUT2D eigenvalue weighted by Crippen LogP contribution is -2.26. The summed E-state index contributed by atoms with van der Waals surface area (Å²) in [6.45, 7) is 1.14. The van der Waals surface area contributed by atoms with Crippen molar-refractivity contribution in [3.8, 4) is 11.3 Å². The Morgan fingerprint density at radius 1 is 0.941 bits per heavy atom. The van der Waals surface area contributed by atoms with Crippen molar-refractivity contribution in [2.45, 2.75) is 25.3 Å². The summed E-state index contributed by atoms with van der Waals surface area (Å²) >= 11 is 0. The van der Waals surface area contributed by atoms with Crippen molar-refractivity contribution < 1.29 is 0 Å². The van der Waals surface area contributed by atoms with Gasteiger partial charge in [0.15, 0.2) is 0 Å². The molecule has 2 N–H and O–H groups in total. The average molecular weight is 226 g/mol. The fraction of sp³-hybridized carbons (Fsp3) is 0.333. The van der Waals surface area contributed by atoms with Crippen molar-refractivity contribution >= 4 is 0 Å². The number of aromatic nitrogens is 1. The zero-order valence-electron chi connectivity index (χ0n) is 9.95. The number of benzene rings is 1. The third-order valence-electron chi connectivity index (χ3n) is 3.48. The molecule has 88 valence electrons. The van der Waals surface area contributed by atoms with Crippen molar-refractivity contribution in [2.75, 3.05) is 6.54 Å². The van der Waals surface area contributed by atoms with Crippen LogP contribution in [-0.4, -0.2) is 11.5 Å². The molecular formula is C15H18N2. The van der Waals surface area contributed by atoms with Gasteiger partial charge in [-0.3, -0.25) is 0 Å². The highest BCUT2D eigenvalue weighted by atomic mass is 14.9. The molecule has 0 radical (unpaired) electrons. The van der Waals surface area contributed by atoms with Crippen LogP contribution in [0.2, 0.25) is 0 Å². The molecule has 2 heteroatoms. The Balaban J connectivity index is 1.83. The molecule has 0 spiro atoms. The molecule has 1 aromatic heterocycles. The van der Waals surface area contributed by atoms with Crippen LogP contribution in [0.3, 0.4) is 0 Å². The lowest BCUT2D eigenvalue weighted by atomic mass is 10.0. The van der Waals surface area contributed by atoms with E-state index in [0.29, 0.717) is 6.04 Å².